The number of aryl methyl sites for hydroxylation is 1. The molecule has 2 aromatic rings. The highest BCUT2D eigenvalue weighted by Crippen LogP contribution is 2.37. The van der Waals surface area contributed by atoms with Crippen LogP contribution in [0.5, 0.6) is 0 Å². The van der Waals surface area contributed by atoms with Crippen molar-refractivity contribution in [3.63, 3.8) is 0 Å². The minimum absolute atomic E-state index is 0.0783. The highest BCUT2D eigenvalue weighted by molar-refractivity contribution is 8.00. The molecule has 0 bridgehead atoms. The molecular formula is C22H27N3O3S2. The average Bonchev–Trinajstić information content (AvgIpc) is 2.85. The topological polar surface area (TPSA) is 69.7 Å². The van der Waals surface area contributed by atoms with Crippen LogP contribution >= 0.6 is 11.8 Å². The number of piperazine rings is 1. The number of rotatable bonds is 3. The largest absolute Gasteiger partial charge is 0.369 e. The fraction of sp³-hybridized carbons (Fsp3) is 0.409. The first-order chi connectivity index (χ1) is 14.3. The van der Waals surface area contributed by atoms with E-state index in [1.54, 1.807) is 34.3 Å². The predicted octanol–water partition coefficient (Wildman–Crippen LogP) is 3.64. The Kier molecular flexibility index (Phi) is 5.83. The minimum atomic E-state index is -3.62. The highest BCUT2D eigenvalue weighted by Gasteiger charge is 2.30. The fourth-order valence-corrected chi connectivity index (χ4v) is 6.49. The van der Waals surface area contributed by atoms with Gasteiger partial charge in [0.2, 0.25) is 15.9 Å². The lowest BCUT2D eigenvalue weighted by molar-refractivity contribution is -0.116. The molecule has 2 aromatic carbocycles. The minimum Gasteiger partial charge on any atom is -0.369 e. The Hall–Kier alpha value is -2.03. The van der Waals surface area contributed by atoms with Crippen molar-refractivity contribution in [3.8, 4) is 0 Å². The maximum absolute atomic E-state index is 13.3. The lowest BCUT2D eigenvalue weighted by atomic mass is 10.1. The molecule has 1 saturated heterocycles. The normalized spacial score (nSPS) is 20.4. The molecule has 1 fully saturated rings. The SMILES string of the molecule is Cc1cccc(N2CCN(S(=O)(=O)c3ccc4c(c3)NC(=O)C[C@@H](C)S4)CC2)c1C. The van der Waals surface area contributed by atoms with Gasteiger partial charge in [-0.2, -0.15) is 4.31 Å². The van der Waals surface area contributed by atoms with E-state index < -0.39 is 10.0 Å². The van der Waals surface area contributed by atoms with Crippen molar-refractivity contribution in [2.75, 3.05) is 36.4 Å². The number of carbonyl (C=O) groups is 1. The van der Waals surface area contributed by atoms with Crippen LogP contribution in [0.25, 0.3) is 0 Å². The summed E-state index contributed by atoms with van der Waals surface area (Å²) in [6, 6.07) is 11.3. The molecule has 2 aliphatic heterocycles. The lowest BCUT2D eigenvalue weighted by Gasteiger charge is -2.36. The first-order valence-electron chi connectivity index (χ1n) is 10.2. The maximum Gasteiger partial charge on any atom is 0.243 e. The van der Waals surface area contributed by atoms with Gasteiger partial charge in [0, 0.05) is 48.4 Å². The van der Waals surface area contributed by atoms with E-state index in [0.717, 1.165) is 4.90 Å². The maximum atomic E-state index is 13.3. The summed E-state index contributed by atoms with van der Waals surface area (Å²) in [7, 11) is -3.62. The van der Waals surface area contributed by atoms with Gasteiger partial charge < -0.3 is 10.2 Å². The van der Waals surface area contributed by atoms with Crippen LogP contribution in [0, 0.1) is 13.8 Å². The van der Waals surface area contributed by atoms with Crippen molar-refractivity contribution >= 4 is 39.1 Å². The molecule has 8 heteroatoms. The van der Waals surface area contributed by atoms with Gasteiger partial charge in [-0.25, -0.2) is 8.42 Å². The Bertz CT molecular complexity index is 1080. The number of carbonyl (C=O) groups excluding carboxylic acids is 1. The molecule has 0 aliphatic carbocycles. The van der Waals surface area contributed by atoms with Gasteiger partial charge >= 0.3 is 0 Å². The van der Waals surface area contributed by atoms with Gasteiger partial charge in [-0.05, 0) is 49.2 Å². The van der Waals surface area contributed by atoms with Crippen molar-refractivity contribution in [3.05, 3.63) is 47.5 Å². The van der Waals surface area contributed by atoms with Crippen LogP contribution in [-0.2, 0) is 14.8 Å². The van der Waals surface area contributed by atoms with E-state index in [2.05, 4.69) is 36.2 Å². The number of benzene rings is 2. The molecule has 0 radical (unpaired) electrons. The smallest absolute Gasteiger partial charge is 0.243 e. The second-order valence-corrected chi connectivity index (χ2v) is 11.4. The molecule has 4 rings (SSSR count). The fourth-order valence-electron chi connectivity index (χ4n) is 3.99. The summed E-state index contributed by atoms with van der Waals surface area (Å²) < 4.78 is 28.1. The zero-order valence-corrected chi connectivity index (χ0v) is 19.1. The van der Waals surface area contributed by atoms with Crippen LogP contribution in [0.3, 0.4) is 0 Å². The van der Waals surface area contributed by atoms with Crippen molar-refractivity contribution in [2.24, 2.45) is 0 Å². The summed E-state index contributed by atoms with van der Waals surface area (Å²) in [5.41, 5.74) is 4.24. The molecule has 2 aliphatic rings. The average molecular weight is 446 g/mol. The number of hydrogen-bond acceptors (Lipinski definition) is 5. The zero-order valence-electron chi connectivity index (χ0n) is 17.5. The summed E-state index contributed by atoms with van der Waals surface area (Å²) in [5.74, 6) is -0.0783. The monoisotopic (exact) mass is 445 g/mol. The third kappa shape index (κ3) is 4.08. The third-order valence-electron chi connectivity index (χ3n) is 5.82. The number of sulfonamides is 1. The molecule has 1 N–H and O–H groups in total. The lowest BCUT2D eigenvalue weighted by Crippen LogP contribution is -2.48. The molecule has 0 saturated carbocycles. The highest BCUT2D eigenvalue weighted by atomic mass is 32.2. The number of anilines is 2. The van der Waals surface area contributed by atoms with E-state index in [0.29, 0.717) is 38.3 Å². The third-order valence-corrected chi connectivity index (χ3v) is 8.89. The summed E-state index contributed by atoms with van der Waals surface area (Å²) in [6.45, 7) is 8.37. The van der Waals surface area contributed by atoms with Crippen molar-refractivity contribution in [1.82, 2.24) is 4.31 Å². The van der Waals surface area contributed by atoms with Gasteiger partial charge in [-0.1, -0.05) is 19.1 Å². The zero-order chi connectivity index (χ0) is 21.5. The van der Waals surface area contributed by atoms with E-state index in [4.69, 9.17) is 0 Å². The van der Waals surface area contributed by atoms with E-state index in [1.807, 2.05) is 13.0 Å². The number of nitrogens with zero attached hydrogens (tertiary/aromatic N) is 2. The van der Waals surface area contributed by atoms with E-state index in [-0.39, 0.29) is 16.1 Å². The summed E-state index contributed by atoms with van der Waals surface area (Å²) >= 11 is 1.59. The molecule has 0 unspecified atom stereocenters. The van der Waals surface area contributed by atoms with Crippen LogP contribution in [0.4, 0.5) is 11.4 Å². The van der Waals surface area contributed by atoms with Gasteiger partial charge in [0.15, 0.2) is 0 Å². The molecular weight excluding hydrogens is 418 g/mol. The van der Waals surface area contributed by atoms with Gasteiger partial charge in [0.25, 0.3) is 0 Å². The molecule has 2 heterocycles. The van der Waals surface area contributed by atoms with E-state index in [9.17, 15) is 13.2 Å². The van der Waals surface area contributed by atoms with Crippen molar-refractivity contribution in [2.45, 2.75) is 42.2 Å². The first kappa shape index (κ1) is 21.2. The number of nitrogens with one attached hydrogen (secondary N) is 1. The molecule has 0 spiro atoms. The standard InChI is InChI=1S/C22H27N3O3S2/c1-15-5-4-6-20(17(15)3)24-9-11-25(12-10-24)30(27,28)18-7-8-21-19(14-18)23-22(26)13-16(2)29-21/h4-8,14,16H,9-13H2,1-3H3,(H,23,26)/t16-/m1/s1. The number of thioether (sulfide) groups is 1. The molecule has 160 valence electrons. The summed E-state index contributed by atoms with van der Waals surface area (Å²) in [6.07, 6.45) is 0.418. The van der Waals surface area contributed by atoms with Crippen LogP contribution in [-0.4, -0.2) is 50.1 Å². The Labute approximate surface area is 182 Å². The van der Waals surface area contributed by atoms with Crippen LogP contribution in [0.1, 0.15) is 24.5 Å². The van der Waals surface area contributed by atoms with Crippen molar-refractivity contribution in [1.29, 1.82) is 0 Å². The van der Waals surface area contributed by atoms with Gasteiger partial charge in [-0.3, -0.25) is 4.79 Å². The number of fused-ring (bicyclic) bond motifs is 1. The predicted molar refractivity (Wildman–Crippen MR) is 122 cm³/mol. The van der Waals surface area contributed by atoms with Crippen LogP contribution in [0.15, 0.2) is 46.2 Å². The van der Waals surface area contributed by atoms with Gasteiger partial charge in [0.05, 0.1) is 10.6 Å². The Balaban J connectivity index is 1.53. The molecule has 6 nitrogen and oxygen atoms in total. The van der Waals surface area contributed by atoms with E-state index >= 15 is 0 Å². The van der Waals surface area contributed by atoms with E-state index in [1.165, 1.54) is 16.8 Å². The molecule has 1 atom stereocenters. The van der Waals surface area contributed by atoms with Gasteiger partial charge in [0.1, 0.15) is 0 Å². The Morgan fingerprint density at radius 1 is 1.07 bits per heavy atom. The van der Waals surface area contributed by atoms with Gasteiger partial charge in [-0.15, -0.1) is 11.8 Å². The molecule has 30 heavy (non-hydrogen) atoms. The number of amides is 1. The molecule has 0 aromatic heterocycles. The van der Waals surface area contributed by atoms with Crippen LogP contribution in [0.2, 0.25) is 0 Å². The van der Waals surface area contributed by atoms with Crippen molar-refractivity contribution < 1.29 is 13.2 Å². The molecule has 1 amide bonds. The summed E-state index contributed by atoms with van der Waals surface area (Å²) in [4.78, 5) is 15.4. The quantitative estimate of drug-likeness (QED) is 0.781. The second kappa shape index (κ2) is 8.24. The Morgan fingerprint density at radius 2 is 1.80 bits per heavy atom. The van der Waals surface area contributed by atoms with Crippen LogP contribution < -0.4 is 10.2 Å². The summed E-state index contributed by atoms with van der Waals surface area (Å²) in [5, 5.41) is 3.02. The Morgan fingerprint density at radius 3 is 2.53 bits per heavy atom. The first-order valence-corrected chi connectivity index (χ1v) is 12.5. The second-order valence-electron chi connectivity index (χ2n) is 7.95. The number of hydrogen-bond donors (Lipinski definition) is 1.